The highest BCUT2D eigenvalue weighted by molar-refractivity contribution is 5.77. The van der Waals surface area contributed by atoms with Crippen molar-refractivity contribution in [3.8, 4) is 0 Å². The maximum atomic E-state index is 5.48. The molecule has 2 rings (SSSR count). The van der Waals surface area contributed by atoms with Gasteiger partial charge in [-0.15, -0.1) is 0 Å². The predicted octanol–water partition coefficient (Wildman–Crippen LogP) is 2.36. The van der Waals surface area contributed by atoms with Gasteiger partial charge in [-0.1, -0.05) is 25.5 Å². The summed E-state index contributed by atoms with van der Waals surface area (Å²) >= 11 is 0. The zero-order valence-electron chi connectivity index (χ0n) is 7.58. The average Bonchev–Trinajstić information content (AvgIpc) is 2.47. The lowest BCUT2D eigenvalue weighted by Gasteiger charge is -1.96. The highest BCUT2D eigenvalue weighted by Crippen LogP contribution is 2.21. The van der Waals surface area contributed by atoms with E-state index in [1.165, 1.54) is 5.56 Å². The van der Waals surface area contributed by atoms with Gasteiger partial charge in [-0.25, -0.2) is 0 Å². The number of fused-ring (bicyclic) bond motifs is 1. The maximum Gasteiger partial charge on any atom is 0.292 e. The first-order valence-electron chi connectivity index (χ1n) is 4.45. The first kappa shape index (κ1) is 8.10. The number of nitrogen functional groups attached to an aromatic ring is 1. The van der Waals surface area contributed by atoms with Crippen LogP contribution in [0.2, 0.25) is 0 Å². The van der Waals surface area contributed by atoms with Gasteiger partial charge in [0.2, 0.25) is 0 Å². The molecular formula is C10H12N2O. The van der Waals surface area contributed by atoms with Gasteiger partial charge in [-0.3, -0.25) is 0 Å². The number of aromatic nitrogens is 1. The minimum atomic E-state index is 0.249. The van der Waals surface area contributed by atoms with E-state index in [-0.39, 0.29) is 6.01 Å². The number of hydrogen-bond donors (Lipinski definition) is 1. The van der Waals surface area contributed by atoms with E-state index in [0.717, 1.165) is 23.9 Å². The number of para-hydroxylation sites is 1. The van der Waals surface area contributed by atoms with Gasteiger partial charge in [0, 0.05) is 0 Å². The second-order valence-electron chi connectivity index (χ2n) is 3.07. The van der Waals surface area contributed by atoms with Crippen LogP contribution in [0.25, 0.3) is 11.1 Å². The third-order valence-electron chi connectivity index (χ3n) is 2.04. The molecule has 1 heterocycles. The van der Waals surface area contributed by atoms with Crippen molar-refractivity contribution in [1.29, 1.82) is 0 Å². The van der Waals surface area contributed by atoms with E-state index < -0.39 is 0 Å². The zero-order chi connectivity index (χ0) is 9.26. The number of nitrogens with zero attached hydrogens (tertiary/aromatic N) is 1. The summed E-state index contributed by atoms with van der Waals surface area (Å²) in [6.45, 7) is 2.14. The number of aryl methyl sites for hydroxylation is 1. The molecule has 0 amide bonds. The van der Waals surface area contributed by atoms with Gasteiger partial charge in [0.15, 0.2) is 5.58 Å². The topological polar surface area (TPSA) is 52.0 Å². The van der Waals surface area contributed by atoms with Crippen LogP contribution in [-0.2, 0) is 6.42 Å². The van der Waals surface area contributed by atoms with E-state index in [9.17, 15) is 0 Å². The first-order valence-corrected chi connectivity index (χ1v) is 4.45. The summed E-state index contributed by atoms with van der Waals surface area (Å²) in [7, 11) is 0. The van der Waals surface area contributed by atoms with Gasteiger partial charge in [0.1, 0.15) is 5.52 Å². The molecule has 0 aliphatic carbocycles. The summed E-state index contributed by atoms with van der Waals surface area (Å²) in [4.78, 5) is 4.14. The van der Waals surface area contributed by atoms with Gasteiger partial charge in [-0.2, -0.15) is 4.98 Å². The van der Waals surface area contributed by atoms with Crippen molar-refractivity contribution in [2.75, 3.05) is 5.73 Å². The monoisotopic (exact) mass is 176 g/mol. The van der Waals surface area contributed by atoms with Crippen molar-refractivity contribution in [1.82, 2.24) is 4.98 Å². The lowest BCUT2D eigenvalue weighted by atomic mass is 10.1. The van der Waals surface area contributed by atoms with Gasteiger partial charge < -0.3 is 10.2 Å². The molecule has 2 aromatic rings. The maximum absolute atomic E-state index is 5.48. The van der Waals surface area contributed by atoms with Crippen LogP contribution < -0.4 is 5.73 Å². The highest BCUT2D eigenvalue weighted by atomic mass is 16.4. The molecule has 1 aromatic carbocycles. The quantitative estimate of drug-likeness (QED) is 0.764. The number of oxazole rings is 1. The fourth-order valence-corrected chi connectivity index (χ4v) is 1.49. The van der Waals surface area contributed by atoms with E-state index in [0.29, 0.717) is 0 Å². The number of rotatable bonds is 2. The summed E-state index contributed by atoms with van der Waals surface area (Å²) < 4.78 is 5.22. The molecule has 68 valence electrons. The number of hydrogen-bond acceptors (Lipinski definition) is 3. The lowest BCUT2D eigenvalue weighted by Crippen LogP contribution is -1.86. The Bertz CT molecular complexity index is 420. The van der Waals surface area contributed by atoms with E-state index in [2.05, 4.69) is 18.0 Å². The van der Waals surface area contributed by atoms with Crippen molar-refractivity contribution in [2.45, 2.75) is 19.8 Å². The SMILES string of the molecule is CCCc1cccc2oc(N)nc12. The second kappa shape index (κ2) is 3.09. The third kappa shape index (κ3) is 1.37. The highest BCUT2D eigenvalue weighted by Gasteiger charge is 2.05. The Morgan fingerprint density at radius 2 is 2.31 bits per heavy atom. The normalized spacial score (nSPS) is 10.8. The summed E-state index contributed by atoms with van der Waals surface area (Å²) in [5, 5.41) is 0. The number of benzene rings is 1. The van der Waals surface area contributed by atoms with Crippen molar-refractivity contribution in [3.05, 3.63) is 23.8 Å². The standard InChI is InChI=1S/C10H12N2O/c1-2-4-7-5-3-6-8-9(7)12-10(11)13-8/h3,5-6H,2,4H2,1H3,(H2,11,12). The molecule has 0 aliphatic heterocycles. The van der Waals surface area contributed by atoms with Crippen molar-refractivity contribution < 1.29 is 4.42 Å². The molecule has 0 atom stereocenters. The minimum Gasteiger partial charge on any atom is -0.424 e. The average molecular weight is 176 g/mol. The smallest absolute Gasteiger partial charge is 0.292 e. The Hall–Kier alpha value is -1.51. The molecule has 13 heavy (non-hydrogen) atoms. The number of anilines is 1. The molecule has 3 heteroatoms. The Morgan fingerprint density at radius 3 is 3.08 bits per heavy atom. The lowest BCUT2D eigenvalue weighted by molar-refractivity contribution is 0.626. The second-order valence-corrected chi connectivity index (χ2v) is 3.07. The summed E-state index contributed by atoms with van der Waals surface area (Å²) in [5.74, 6) is 0. The van der Waals surface area contributed by atoms with E-state index in [1.807, 2.05) is 12.1 Å². The number of nitrogens with two attached hydrogens (primary N) is 1. The van der Waals surface area contributed by atoms with Crippen molar-refractivity contribution in [3.63, 3.8) is 0 Å². The van der Waals surface area contributed by atoms with Crippen LogP contribution in [0.5, 0.6) is 0 Å². The molecular weight excluding hydrogens is 164 g/mol. The molecule has 0 spiro atoms. The molecule has 3 nitrogen and oxygen atoms in total. The summed E-state index contributed by atoms with van der Waals surface area (Å²) in [6.07, 6.45) is 2.12. The molecule has 0 unspecified atom stereocenters. The van der Waals surface area contributed by atoms with Gasteiger partial charge in [0.05, 0.1) is 0 Å². The molecule has 0 saturated carbocycles. The van der Waals surface area contributed by atoms with E-state index >= 15 is 0 Å². The Balaban J connectivity index is 2.60. The van der Waals surface area contributed by atoms with Gasteiger partial charge >= 0.3 is 0 Å². The first-order chi connectivity index (χ1) is 6.31. The van der Waals surface area contributed by atoms with Crippen LogP contribution in [0.3, 0.4) is 0 Å². The largest absolute Gasteiger partial charge is 0.424 e. The molecule has 0 aliphatic rings. The zero-order valence-corrected chi connectivity index (χ0v) is 7.58. The molecule has 0 bridgehead atoms. The molecule has 0 fully saturated rings. The molecule has 0 saturated heterocycles. The van der Waals surface area contributed by atoms with Crippen LogP contribution in [0, 0.1) is 0 Å². The summed E-state index contributed by atoms with van der Waals surface area (Å²) in [6, 6.07) is 6.17. The molecule has 2 N–H and O–H groups in total. The van der Waals surface area contributed by atoms with Gasteiger partial charge in [0.25, 0.3) is 6.01 Å². The summed E-state index contributed by atoms with van der Waals surface area (Å²) in [5.41, 5.74) is 8.37. The predicted molar refractivity (Wildman–Crippen MR) is 52.4 cm³/mol. The molecule has 0 radical (unpaired) electrons. The van der Waals surface area contributed by atoms with Crippen molar-refractivity contribution >= 4 is 17.1 Å². The van der Waals surface area contributed by atoms with E-state index in [4.69, 9.17) is 10.2 Å². The van der Waals surface area contributed by atoms with Gasteiger partial charge in [-0.05, 0) is 18.1 Å². The fraction of sp³-hybridized carbons (Fsp3) is 0.300. The van der Waals surface area contributed by atoms with Crippen LogP contribution in [-0.4, -0.2) is 4.98 Å². The third-order valence-corrected chi connectivity index (χ3v) is 2.04. The van der Waals surface area contributed by atoms with Crippen LogP contribution in [0.1, 0.15) is 18.9 Å². The minimum absolute atomic E-state index is 0.249. The van der Waals surface area contributed by atoms with Crippen LogP contribution in [0.4, 0.5) is 6.01 Å². The Kier molecular flexibility index (Phi) is 1.93. The van der Waals surface area contributed by atoms with Crippen LogP contribution in [0.15, 0.2) is 22.6 Å². The van der Waals surface area contributed by atoms with E-state index in [1.54, 1.807) is 0 Å². The Labute approximate surface area is 76.6 Å². The van der Waals surface area contributed by atoms with Crippen molar-refractivity contribution in [2.24, 2.45) is 0 Å². The fourth-order valence-electron chi connectivity index (χ4n) is 1.49. The van der Waals surface area contributed by atoms with Crippen LogP contribution >= 0.6 is 0 Å². The molecule has 1 aromatic heterocycles. The Morgan fingerprint density at radius 1 is 1.46 bits per heavy atom.